The van der Waals surface area contributed by atoms with Gasteiger partial charge in [-0.15, -0.1) is 0 Å². The van der Waals surface area contributed by atoms with Gasteiger partial charge in [-0.2, -0.15) is 0 Å². The summed E-state index contributed by atoms with van der Waals surface area (Å²) in [7, 11) is 0. The Kier molecular flexibility index (Phi) is 4.59. The molecule has 0 bridgehead atoms. The first-order valence-corrected chi connectivity index (χ1v) is 4.81. The first-order chi connectivity index (χ1) is 6.74. The van der Waals surface area contributed by atoms with E-state index in [1.807, 2.05) is 30.3 Å². The van der Waals surface area contributed by atoms with Crippen molar-refractivity contribution in [2.24, 2.45) is 0 Å². The van der Waals surface area contributed by atoms with Gasteiger partial charge >= 0.3 is 0 Å². The van der Waals surface area contributed by atoms with Crippen molar-refractivity contribution in [1.82, 2.24) is 5.32 Å². The molecule has 78 valence electrons. The van der Waals surface area contributed by atoms with Crippen LogP contribution >= 0.6 is 0 Å². The molecule has 0 heterocycles. The van der Waals surface area contributed by atoms with Gasteiger partial charge in [-0.3, -0.25) is 0 Å². The van der Waals surface area contributed by atoms with E-state index in [2.05, 4.69) is 5.32 Å². The molecule has 3 nitrogen and oxygen atoms in total. The van der Waals surface area contributed by atoms with Gasteiger partial charge in [0.25, 0.3) is 0 Å². The number of nitrogens with one attached hydrogen (secondary N) is 1. The molecule has 1 aromatic rings. The Morgan fingerprint density at radius 2 is 1.93 bits per heavy atom. The topological polar surface area (TPSA) is 52.5 Å². The maximum atomic E-state index is 9.15. The molecule has 0 aliphatic heterocycles. The average molecular weight is 195 g/mol. The number of hydrogen-bond donors (Lipinski definition) is 3. The third-order valence-corrected chi connectivity index (χ3v) is 2.04. The summed E-state index contributed by atoms with van der Waals surface area (Å²) in [5.74, 6) is 0. The van der Waals surface area contributed by atoms with Crippen LogP contribution in [0.15, 0.2) is 30.3 Å². The molecule has 1 unspecified atom stereocenters. The lowest BCUT2D eigenvalue weighted by Gasteiger charge is -2.17. The second kappa shape index (κ2) is 5.75. The van der Waals surface area contributed by atoms with E-state index in [-0.39, 0.29) is 12.6 Å². The lowest BCUT2D eigenvalue weighted by Crippen LogP contribution is -2.30. The summed E-state index contributed by atoms with van der Waals surface area (Å²) in [6.07, 6.45) is -0.396. The van der Waals surface area contributed by atoms with Gasteiger partial charge in [-0.25, -0.2) is 0 Å². The van der Waals surface area contributed by atoms with Crippen LogP contribution in [0.25, 0.3) is 0 Å². The Bertz CT molecular complexity index is 249. The molecular formula is C11H17NO2. The maximum Gasteiger partial charge on any atom is 0.0636 e. The van der Waals surface area contributed by atoms with Crippen molar-refractivity contribution in [3.05, 3.63) is 35.9 Å². The van der Waals surface area contributed by atoms with Crippen molar-refractivity contribution >= 4 is 0 Å². The first-order valence-electron chi connectivity index (χ1n) is 4.81. The van der Waals surface area contributed by atoms with Crippen molar-refractivity contribution < 1.29 is 10.2 Å². The fourth-order valence-corrected chi connectivity index (χ4v) is 1.29. The van der Waals surface area contributed by atoms with Gasteiger partial charge in [0.05, 0.1) is 18.8 Å². The smallest absolute Gasteiger partial charge is 0.0636 e. The Balaban J connectivity index is 2.54. The second-order valence-corrected chi connectivity index (χ2v) is 3.40. The highest BCUT2D eigenvalue weighted by molar-refractivity contribution is 5.18. The van der Waals surface area contributed by atoms with Crippen LogP contribution in [0.5, 0.6) is 0 Å². The van der Waals surface area contributed by atoms with Crippen LogP contribution in [0, 0.1) is 0 Å². The zero-order chi connectivity index (χ0) is 10.4. The molecule has 0 saturated heterocycles. The van der Waals surface area contributed by atoms with Crippen molar-refractivity contribution in [2.75, 3.05) is 13.2 Å². The normalized spacial score (nSPS) is 15.1. The van der Waals surface area contributed by atoms with E-state index >= 15 is 0 Å². The van der Waals surface area contributed by atoms with Gasteiger partial charge in [0, 0.05) is 6.54 Å². The quantitative estimate of drug-likeness (QED) is 0.648. The molecule has 1 rings (SSSR count). The molecule has 2 atom stereocenters. The molecule has 0 radical (unpaired) electrons. The van der Waals surface area contributed by atoms with Crippen LogP contribution in [0.1, 0.15) is 18.5 Å². The van der Waals surface area contributed by atoms with E-state index in [4.69, 9.17) is 10.2 Å². The predicted octanol–water partition coefficient (Wildman–Crippen LogP) is 0.690. The summed E-state index contributed by atoms with van der Waals surface area (Å²) in [4.78, 5) is 0. The molecule has 0 saturated carbocycles. The van der Waals surface area contributed by atoms with Gasteiger partial charge in [0.15, 0.2) is 0 Å². The molecule has 14 heavy (non-hydrogen) atoms. The third kappa shape index (κ3) is 3.46. The molecule has 0 aliphatic rings. The molecule has 3 N–H and O–H groups in total. The third-order valence-electron chi connectivity index (χ3n) is 2.04. The summed E-state index contributed by atoms with van der Waals surface area (Å²) >= 11 is 0. The molecule has 0 spiro atoms. The molecule has 3 heteroatoms. The van der Waals surface area contributed by atoms with Crippen LogP contribution in [0.2, 0.25) is 0 Å². The first kappa shape index (κ1) is 11.2. The highest BCUT2D eigenvalue weighted by Crippen LogP contribution is 2.10. The number of rotatable bonds is 5. The minimum Gasteiger partial charge on any atom is -0.394 e. The Labute approximate surface area is 84.4 Å². The van der Waals surface area contributed by atoms with E-state index in [0.717, 1.165) is 5.56 Å². The standard InChI is InChI=1S/C11H17NO2/c1-9(14)7-12-11(8-13)10-5-3-2-4-6-10/h2-6,9,11-14H,7-8H2,1H3/t9-,11?/m1/s1. The SMILES string of the molecule is C[C@@H](O)CNC(CO)c1ccccc1. The average Bonchev–Trinajstić information content (AvgIpc) is 2.20. The monoisotopic (exact) mass is 195 g/mol. The fourth-order valence-electron chi connectivity index (χ4n) is 1.29. The van der Waals surface area contributed by atoms with Gasteiger partial charge in [0.2, 0.25) is 0 Å². The maximum absolute atomic E-state index is 9.15. The van der Waals surface area contributed by atoms with Crippen molar-refractivity contribution in [1.29, 1.82) is 0 Å². The molecule has 0 amide bonds. The summed E-state index contributed by atoms with van der Waals surface area (Å²) < 4.78 is 0. The minimum absolute atomic E-state index is 0.0384. The van der Waals surface area contributed by atoms with Crippen molar-refractivity contribution in [3.63, 3.8) is 0 Å². The van der Waals surface area contributed by atoms with E-state index < -0.39 is 6.10 Å². The van der Waals surface area contributed by atoms with E-state index in [9.17, 15) is 0 Å². The number of benzene rings is 1. The summed E-state index contributed by atoms with van der Waals surface area (Å²) in [6, 6.07) is 9.62. The van der Waals surface area contributed by atoms with Crippen molar-refractivity contribution in [3.8, 4) is 0 Å². The zero-order valence-electron chi connectivity index (χ0n) is 8.35. The van der Waals surface area contributed by atoms with E-state index in [1.54, 1.807) is 6.92 Å². The molecule has 0 aromatic heterocycles. The Morgan fingerprint density at radius 1 is 1.29 bits per heavy atom. The second-order valence-electron chi connectivity index (χ2n) is 3.40. The zero-order valence-corrected chi connectivity index (χ0v) is 8.35. The highest BCUT2D eigenvalue weighted by atomic mass is 16.3. The lowest BCUT2D eigenvalue weighted by molar-refractivity contribution is 0.172. The van der Waals surface area contributed by atoms with Crippen LogP contribution in [0.4, 0.5) is 0 Å². The Morgan fingerprint density at radius 3 is 2.43 bits per heavy atom. The van der Waals surface area contributed by atoms with Crippen LogP contribution in [-0.2, 0) is 0 Å². The van der Waals surface area contributed by atoms with Crippen LogP contribution in [-0.4, -0.2) is 29.5 Å². The van der Waals surface area contributed by atoms with Gasteiger partial charge in [0.1, 0.15) is 0 Å². The fraction of sp³-hybridized carbons (Fsp3) is 0.455. The van der Waals surface area contributed by atoms with E-state index in [0.29, 0.717) is 6.54 Å². The van der Waals surface area contributed by atoms with Gasteiger partial charge in [-0.1, -0.05) is 30.3 Å². The molecular weight excluding hydrogens is 178 g/mol. The summed E-state index contributed by atoms with van der Waals surface area (Å²) in [6.45, 7) is 2.24. The summed E-state index contributed by atoms with van der Waals surface area (Å²) in [5, 5.41) is 21.3. The largest absolute Gasteiger partial charge is 0.394 e. The summed E-state index contributed by atoms with van der Waals surface area (Å²) in [5.41, 5.74) is 1.04. The molecule has 1 aromatic carbocycles. The predicted molar refractivity (Wildman–Crippen MR) is 56.0 cm³/mol. The Hall–Kier alpha value is -0.900. The van der Waals surface area contributed by atoms with Gasteiger partial charge < -0.3 is 15.5 Å². The molecule has 0 fully saturated rings. The highest BCUT2D eigenvalue weighted by Gasteiger charge is 2.09. The minimum atomic E-state index is -0.396. The molecule has 0 aliphatic carbocycles. The lowest BCUT2D eigenvalue weighted by atomic mass is 10.1. The number of aliphatic hydroxyl groups excluding tert-OH is 2. The number of aliphatic hydroxyl groups is 2. The van der Waals surface area contributed by atoms with Gasteiger partial charge in [-0.05, 0) is 12.5 Å². The van der Waals surface area contributed by atoms with Crippen LogP contribution < -0.4 is 5.32 Å². The number of hydrogen-bond acceptors (Lipinski definition) is 3. The van der Waals surface area contributed by atoms with E-state index in [1.165, 1.54) is 0 Å². The van der Waals surface area contributed by atoms with Crippen molar-refractivity contribution in [2.45, 2.75) is 19.1 Å². The van der Waals surface area contributed by atoms with Crippen LogP contribution in [0.3, 0.4) is 0 Å².